The number of carbonyl (C=O) groups is 2. The van der Waals surface area contributed by atoms with Crippen LogP contribution >= 0.6 is 0 Å². The molecule has 0 aromatic heterocycles. The molecular weight excluding hydrogens is 388 g/mol. The second-order valence-electron chi connectivity index (χ2n) is 8.40. The third kappa shape index (κ3) is 4.94. The molecule has 3 aliphatic rings. The summed E-state index contributed by atoms with van der Waals surface area (Å²) in [6, 6.07) is 5.66. The lowest BCUT2D eigenvalue weighted by Gasteiger charge is -2.37. The average Bonchev–Trinajstić information content (AvgIpc) is 3.46. The predicted molar refractivity (Wildman–Crippen MR) is 109 cm³/mol. The molecule has 2 heterocycles. The van der Waals surface area contributed by atoms with Gasteiger partial charge in [-0.2, -0.15) is 0 Å². The van der Waals surface area contributed by atoms with Crippen LogP contribution in [0.2, 0.25) is 0 Å². The van der Waals surface area contributed by atoms with Gasteiger partial charge in [0.25, 0.3) is 0 Å². The summed E-state index contributed by atoms with van der Waals surface area (Å²) < 4.78 is 17.0. The van der Waals surface area contributed by atoms with Gasteiger partial charge in [-0.15, -0.1) is 0 Å². The number of aliphatic hydroxyl groups is 1. The number of ether oxygens (including phenoxy) is 3. The summed E-state index contributed by atoms with van der Waals surface area (Å²) in [5, 5.41) is 15.6. The number of aliphatic hydroxyl groups excluding tert-OH is 1. The fraction of sp³-hybridized carbons (Fsp3) is 0.636. The van der Waals surface area contributed by atoms with Crippen LogP contribution in [0, 0.1) is 5.92 Å². The number of rotatable bonds is 9. The van der Waals surface area contributed by atoms with E-state index in [9.17, 15) is 14.7 Å². The molecule has 1 saturated heterocycles. The van der Waals surface area contributed by atoms with E-state index in [4.69, 9.17) is 14.2 Å². The molecule has 2 fully saturated rings. The molecule has 0 spiro atoms. The molecule has 4 rings (SSSR count). The number of carbonyl (C=O) groups excluding carboxylic acids is 2. The van der Waals surface area contributed by atoms with Gasteiger partial charge in [0.1, 0.15) is 18.0 Å². The first-order valence-electron chi connectivity index (χ1n) is 10.7. The lowest BCUT2D eigenvalue weighted by atomic mass is 9.84. The third-order valence-electron chi connectivity index (χ3n) is 6.00. The molecule has 4 atom stereocenters. The van der Waals surface area contributed by atoms with E-state index in [0.29, 0.717) is 31.9 Å². The van der Waals surface area contributed by atoms with Crippen LogP contribution in [0.3, 0.4) is 0 Å². The van der Waals surface area contributed by atoms with Gasteiger partial charge in [0, 0.05) is 37.2 Å². The van der Waals surface area contributed by atoms with Crippen molar-refractivity contribution in [2.75, 3.05) is 32.2 Å². The van der Waals surface area contributed by atoms with Crippen LogP contribution in [0.1, 0.15) is 43.6 Å². The molecule has 2 aliphatic heterocycles. The first kappa shape index (κ1) is 21.1. The molecule has 8 nitrogen and oxygen atoms in total. The molecule has 164 valence electrons. The summed E-state index contributed by atoms with van der Waals surface area (Å²) in [5.41, 5.74) is 1.75. The Kier molecular flexibility index (Phi) is 6.55. The van der Waals surface area contributed by atoms with Gasteiger partial charge < -0.3 is 30.0 Å². The lowest BCUT2D eigenvalue weighted by molar-refractivity contribution is -0.142. The number of benzene rings is 1. The molecule has 8 heteroatoms. The summed E-state index contributed by atoms with van der Waals surface area (Å²) in [5.74, 6) is 1.22. The molecule has 2 amide bonds. The molecule has 1 saturated carbocycles. The van der Waals surface area contributed by atoms with Gasteiger partial charge in [0.15, 0.2) is 0 Å². The zero-order valence-corrected chi connectivity index (χ0v) is 17.3. The van der Waals surface area contributed by atoms with Crippen molar-refractivity contribution in [3.63, 3.8) is 0 Å². The van der Waals surface area contributed by atoms with Gasteiger partial charge in [-0.3, -0.25) is 9.59 Å². The molecular formula is C22H30N2O6. The van der Waals surface area contributed by atoms with Crippen molar-refractivity contribution in [1.82, 2.24) is 5.32 Å². The standard InChI is InChI=1S/C22H30N2O6/c1-28-7-6-23-20(26)11-15-10-17-16-9-14(24-21(27)8-13-2-3-13)4-5-18(16)30-22(17)19(12-25)29-15/h4-5,9,13,15,17,19,22,25H,2-3,6-8,10-12H2,1H3,(H,23,26)(H,24,27)/t15-,17-,19-,22+/m1/s1. The van der Waals surface area contributed by atoms with E-state index in [0.717, 1.165) is 29.8 Å². The van der Waals surface area contributed by atoms with E-state index in [1.807, 2.05) is 18.2 Å². The number of anilines is 1. The topological polar surface area (TPSA) is 106 Å². The van der Waals surface area contributed by atoms with Gasteiger partial charge >= 0.3 is 0 Å². The summed E-state index contributed by atoms with van der Waals surface area (Å²) in [7, 11) is 1.59. The Morgan fingerprint density at radius 1 is 1.23 bits per heavy atom. The third-order valence-corrected chi connectivity index (χ3v) is 6.00. The van der Waals surface area contributed by atoms with E-state index >= 15 is 0 Å². The van der Waals surface area contributed by atoms with Crippen LogP contribution in [-0.4, -0.2) is 62.1 Å². The minimum Gasteiger partial charge on any atom is -0.487 e. The van der Waals surface area contributed by atoms with Crippen LogP contribution in [0.5, 0.6) is 5.75 Å². The first-order valence-corrected chi connectivity index (χ1v) is 10.7. The van der Waals surface area contributed by atoms with Gasteiger partial charge in [-0.25, -0.2) is 0 Å². The minimum absolute atomic E-state index is 0.00274. The van der Waals surface area contributed by atoms with Gasteiger partial charge in [-0.1, -0.05) is 0 Å². The van der Waals surface area contributed by atoms with Crippen molar-refractivity contribution in [2.24, 2.45) is 5.92 Å². The van der Waals surface area contributed by atoms with Crippen LogP contribution in [0.25, 0.3) is 0 Å². The maximum absolute atomic E-state index is 12.2. The van der Waals surface area contributed by atoms with E-state index in [1.165, 1.54) is 0 Å². The van der Waals surface area contributed by atoms with Crippen LogP contribution in [-0.2, 0) is 19.1 Å². The van der Waals surface area contributed by atoms with Crippen molar-refractivity contribution in [3.8, 4) is 5.75 Å². The summed E-state index contributed by atoms with van der Waals surface area (Å²) in [4.78, 5) is 24.4. The maximum atomic E-state index is 12.2. The van der Waals surface area contributed by atoms with Crippen LogP contribution in [0.15, 0.2) is 18.2 Å². The van der Waals surface area contributed by atoms with E-state index in [-0.39, 0.29) is 43.0 Å². The average molecular weight is 418 g/mol. The molecule has 0 unspecified atom stereocenters. The number of hydrogen-bond donors (Lipinski definition) is 3. The van der Waals surface area contributed by atoms with E-state index in [2.05, 4.69) is 10.6 Å². The van der Waals surface area contributed by atoms with Crippen LogP contribution in [0.4, 0.5) is 5.69 Å². The van der Waals surface area contributed by atoms with E-state index in [1.54, 1.807) is 7.11 Å². The van der Waals surface area contributed by atoms with Crippen molar-refractivity contribution < 1.29 is 28.9 Å². The Morgan fingerprint density at radius 2 is 2.07 bits per heavy atom. The van der Waals surface area contributed by atoms with Gasteiger partial charge in [-0.05, 0) is 43.4 Å². The Hall–Kier alpha value is -2.16. The molecule has 1 aromatic rings. The summed E-state index contributed by atoms with van der Waals surface area (Å²) in [6.07, 6.45) is 2.57. The molecule has 3 N–H and O–H groups in total. The highest BCUT2D eigenvalue weighted by atomic mass is 16.6. The van der Waals surface area contributed by atoms with Crippen molar-refractivity contribution in [1.29, 1.82) is 0 Å². The number of methoxy groups -OCH3 is 1. The molecule has 0 radical (unpaired) electrons. The van der Waals surface area contributed by atoms with Crippen molar-refractivity contribution in [2.45, 2.75) is 56.3 Å². The Balaban J connectivity index is 1.43. The molecule has 1 aliphatic carbocycles. The molecule has 30 heavy (non-hydrogen) atoms. The van der Waals surface area contributed by atoms with Gasteiger partial charge in [0.05, 0.1) is 25.7 Å². The van der Waals surface area contributed by atoms with Crippen molar-refractivity contribution in [3.05, 3.63) is 23.8 Å². The number of fused-ring (bicyclic) bond motifs is 3. The normalized spacial score (nSPS) is 27.0. The number of nitrogens with one attached hydrogen (secondary N) is 2. The first-order chi connectivity index (χ1) is 14.6. The Labute approximate surface area is 176 Å². The summed E-state index contributed by atoms with van der Waals surface area (Å²) >= 11 is 0. The maximum Gasteiger partial charge on any atom is 0.224 e. The fourth-order valence-corrected chi connectivity index (χ4v) is 4.33. The van der Waals surface area contributed by atoms with Gasteiger partial charge in [0.2, 0.25) is 11.8 Å². The quantitative estimate of drug-likeness (QED) is 0.526. The fourth-order valence-electron chi connectivity index (χ4n) is 4.33. The Morgan fingerprint density at radius 3 is 2.80 bits per heavy atom. The summed E-state index contributed by atoms with van der Waals surface area (Å²) in [6.45, 7) is 0.729. The minimum atomic E-state index is -0.499. The monoisotopic (exact) mass is 418 g/mol. The van der Waals surface area contributed by atoms with Crippen molar-refractivity contribution >= 4 is 17.5 Å². The largest absolute Gasteiger partial charge is 0.487 e. The highest BCUT2D eigenvalue weighted by Gasteiger charge is 2.46. The number of hydrogen-bond acceptors (Lipinski definition) is 6. The second-order valence-corrected chi connectivity index (χ2v) is 8.40. The van der Waals surface area contributed by atoms with Crippen LogP contribution < -0.4 is 15.4 Å². The predicted octanol–water partition coefficient (Wildman–Crippen LogP) is 1.57. The highest BCUT2D eigenvalue weighted by Crippen LogP contribution is 2.47. The zero-order chi connectivity index (χ0) is 21.1. The second kappa shape index (κ2) is 9.32. The highest BCUT2D eigenvalue weighted by molar-refractivity contribution is 5.91. The zero-order valence-electron chi connectivity index (χ0n) is 17.3. The lowest BCUT2D eigenvalue weighted by Crippen LogP contribution is -2.47. The molecule has 1 aromatic carbocycles. The Bertz CT molecular complexity index is 781. The molecule has 0 bridgehead atoms. The van der Waals surface area contributed by atoms with E-state index < -0.39 is 6.10 Å². The number of amides is 2. The SMILES string of the molecule is COCCNC(=O)C[C@H]1C[C@@H]2c3cc(NC(=O)CC4CC4)ccc3O[C@@H]2[C@@H](CO)O1. The smallest absolute Gasteiger partial charge is 0.224 e.